The summed E-state index contributed by atoms with van der Waals surface area (Å²) in [6, 6.07) is 7.50. The molecule has 1 amide bonds. The van der Waals surface area contributed by atoms with Gasteiger partial charge in [-0.05, 0) is 42.3 Å². The molecule has 0 saturated carbocycles. The summed E-state index contributed by atoms with van der Waals surface area (Å²) < 4.78 is 0. The molecule has 1 aliphatic heterocycles. The van der Waals surface area contributed by atoms with E-state index in [0.717, 1.165) is 19.5 Å². The normalized spacial score (nSPS) is 13.7. The van der Waals surface area contributed by atoms with Crippen LogP contribution < -0.4 is 10.6 Å². The molecule has 3 rings (SSSR count). The van der Waals surface area contributed by atoms with Crippen molar-refractivity contribution in [3.8, 4) is 0 Å². The highest BCUT2D eigenvalue weighted by Gasteiger charge is 2.13. The largest absolute Gasteiger partial charge is 0.312 e. The second-order valence-corrected chi connectivity index (χ2v) is 4.44. The molecule has 0 aliphatic carbocycles. The molecule has 0 saturated heterocycles. The lowest BCUT2D eigenvalue weighted by Gasteiger charge is -2.17. The number of carbonyl (C=O) groups excluding carboxylic acids is 1. The number of carbonyl (C=O) groups is 1. The van der Waals surface area contributed by atoms with Crippen LogP contribution in [-0.4, -0.2) is 22.4 Å². The van der Waals surface area contributed by atoms with Gasteiger partial charge in [0, 0.05) is 24.5 Å². The van der Waals surface area contributed by atoms with Crippen LogP contribution in [-0.2, 0) is 13.0 Å². The standard InChI is InChI=1S/C14H14N4O/c19-13(18-14-16-5-1-6-17-14)11-2-3-12-9-15-7-4-10(12)8-11/h1-3,5-6,8,15H,4,7,9H2,(H,16,17,18,19). The number of hydrogen-bond acceptors (Lipinski definition) is 4. The minimum atomic E-state index is -0.174. The minimum absolute atomic E-state index is 0.174. The maximum Gasteiger partial charge on any atom is 0.258 e. The molecule has 0 unspecified atom stereocenters. The van der Waals surface area contributed by atoms with Crippen LogP contribution in [0.4, 0.5) is 5.95 Å². The summed E-state index contributed by atoms with van der Waals surface area (Å²) in [6.45, 7) is 1.83. The van der Waals surface area contributed by atoms with Crippen LogP contribution in [0.3, 0.4) is 0 Å². The zero-order chi connectivity index (χ0) is 13.1. The Kier molecular flexibility index (Phi) is 3.20. The maximum atomic E-state index is 12.1. The lowest BCUT2D eigenvalue weighted by molar-refractivity contribution is 0.102. The fraction of sp³-hybridized carbons (Fsp3) is 0.214. The van der Waals surface area contributed by atoms with E-state index in [4.69, 9.17) is 0 Å². The molecule has 0 spiro atoms. The molecule has 96 valence electrons. The van der Waals surface area contributed by atoms with Crippen molar-refractivity contribution in [2.45, 2.75) is 13.0 Å². The molecular weight excluding hydrogens is 240 g/mol. The molecule has 0 atom stereocenters. The van der Waals surface area contributed by atoms with Crippen molar-refractivity contribution in [2.24, 2.45) is 0 Å². The number of anilines is 1. The van der Waals surface area contributed by atoms with Gasteiger partial charge in [0.05, 0.1) is 0 Å². The van der Waals surface area contributed by atoms with E-state index in [0.29, 0.717) is 11.5 Å². The van der Waals surface area contributed by atoms with Crippen molar-refractivity contribution in [1.82, 2.24) is 15.3 Å². The fourth-order valence-electron chi connectivity index (χ4n) is 2.16. The average Bonchev–Trinajstić information content (AvgIpc) is 2.48. The summed E-state index contributed by atoms with van der Waals surface area (Å²) in [5, 5.41) is 6.00. The van der Waals surface area contributed by atoms with Crippen molar-refractivity contribution >= 4 is 11.9 Å². The molecular formula is C14H14N4O. The number of nitrogens with zero attached hydrogens (tertiary/aromatic N) is 2. The summed E-state index contributed by atoms with van der Waals surface area (Å²) in [5.41, 5.74) is 3.15. The van der Waals surface area contributed by atoms with Gasteiger partial charge >= 0.3 is 0 Å². The highest BCUT2D eigenvalue weighted by Crippen LogP contribution is 2.16. The van der Waals surface area contributed by atoms with Crippen LogP contribution in [0, 0.1) is 0 Å². The van der Waals surface area contributed by atoms with Gasteiger partial charge in [0.15, 0.2) is 0 Å². The molecule has 2 aromatic rings. The van der Waals surface area contributed by atoms with Gasteiger partial charge in [0.2, 0.25) is 5.95 Å². The molecule has 2 N–H and O–H groups in total. The minimum Gasteiger partial charge on any atom is -0.312 e. The highest BCUT2D eigenvalue weighted by atomic mass is 16.1. The second kappa shape index (κ2) is 5.16. The van der Waals surface area contributed by atoms with Crippen molar-refractivity contribution in [3.05, 3.63) is 53.3 Å². The Labute approximate surface area is 111 Å². The monoisotopic (exact) mass is 254 g/mol. The maximum absolute atomic E-state index is 12.1. The number of amides is 1. The Morgan fingerprint density at radius 2 is 2.05 bits per heavy atom. The second-order valence-electron chi connectivity index (χ2n) is 4.44. The number of rotatable bonds is 2. The van der Waals surface area contributed by atoms with E-state index in [1.165, 1.54) is 11.1 Å². The van der Waals surface area contributed by atoms with Gasteiger partial charge in [0.1, 0.15) is 0 Å². The molecule has 1 aromatic carbocycles. The van der Waals surface area contributed by atoms with Crippen LogP contribution in [0.5, 0.6) is 0 Å². The van der Waals surface area contributed by atoms with Gasteiger partial charge in [-0.25, -0.2) is 9.97 Å². The van der Waals surface area contributed by atoms with Crippen LogP contribution in [0.15, 0.2) is 36.7 Å². The highest BCUT2D eigenvalue weighted by molar-refractivity contribution is 6.03. The Morgan fingerprint density at radius 1 is 1.21 bits per heavy atom. The van der Waals surface area contributed by atoms with Crippen molar-refractivity contribution in [3.63, 3.8) is 0 Å². The average molecular weight is 254 g/mol. The number of benzene rings is 1. The molecule has 0 fully saturated rings. The summed E-state index contributed by atoms with van der Waals surface area (Å²) in [7, 11) is 0. The Bertz CT molecular complexity index is 598. The van der Waals surface area contributed by atoms with Crippen LogP contribution in [0.25, 0.3) is 0 Å². The van der Waals surface area contributed by atoms with E-state index >= 15 is 0 Å². The van der Waals surface area contributed by atoms with E-state index < -0.39 is 0 Å². The lowest BCUT2D eigenvalue weighted by Crippen LogP contribution is -2.24. The van der Waals surface area contributed by atoms with Crippen LogP contribution in [0.1, 0.15) is 21.5 Å². The van der Waals surface area contributed by atoms with Crippen molar-refractivity contribution in [2.75, 3.05) is 11.9 Å². The smallest absolute Gasteiger partial charge is 0.258 e. The summed E-state index contributed by atoms with van der Waals surface area (Å²) in [6.07, 6.45) is 4.15. The molecule has 5 nitrogen and oxygen atoms in total. The first-order valence-corrected chi connectivity index (χ1v) is 6.24. The predicted octanol–water partition coefficient (Wildman–Crippen LogP) is 1.37. The Balaban J connectivity index is 1.80. The molecule has 1 aromatic heterocycles. The number of nitrogens with one attached hydrogen (secondary N) is 2. The lowest BCUT2D eigenvalue weighted by atomic mass is 9.98. The van der Waals surface area contributed by atoms with E-state index in [1.54, 1.807) is 18.5 Å². The third-order valence-corrected chi connectivity index (χ3v) is 3.15. The van der Waals surface area contributed by atoms with Crippen LogP contribution in [0.2, 0.25) is 0 Å². The first kappa shape index (κ1) is 11.8. The van der Waals surface area contributed by atoms with Crippen molar-refractivity contribution < 1.29 is 4.79 Å². The van der Waals surface area contributed by atoms with E-state index in [-0.39, 0.29) is 5.91 Å². The first-order valence-electron chi connectivity index (χ1n) is 6.24. The summed E-state index contributed by atoms with van der Waals surface area (Å²) >= 11 is 0. The predicted molar refractivity (Wildman–Crippen MR) is 71.8 cm³/mol. The molecule has 2 heterocycles. The summed E-state index contributed by atoms with van der Waals surface area (Å²) in [5.74, 6) is 0.152. The van der Waals surface area contributed by atoms with Gasteiger partial charge in [-0.3, -0.25) is 10.1 Å². The van der Waals surface area contributed by atoms with Gasteiger partial charge in [-0.15, -0.1) is 0 Å². The molecule has 0 bridgehead atoms. The fourth-order valence-corrected chi connectivity index (χ4v) is 2.16. The quantitative estimate of drug-likeness (QED) is 0.849. The van der Waals surface area contributed by atoms with E-state index in [9.17, 15) is 4.79 Å². The molecule has 5 heteroatoms. The van der Waals surface area contributed by atoms with Gasteiger partial charge in [0.25, 0.3) is 5.91 Å². The number of aromatic nitrogens is 2. The molecule has 1 aliphatic rings. The Hall–Kier alpha value is -2.27. The van der Waals surface area contributed by atoms with E-state index in [2.05, 4.69) is 20.6 Å². The van der Waals surface area contributed by atoms with Gasteiger partial charge < -0.3 is 5.32 Å². The zero-order valence-electron chi connectivity index (χ0n) is 10.4. The van der Waals surface area contributed by atoms with Gasteiger partial charge in [-0.1, -0.05) is 6.07 Å². The summed E-state index contributed by atoms with van der Waals surface area (Å²) in [4.78, 5) is 20.1. The zero-order valence-corrected chi connectivity index (χ0v) is 10.4. The SMILES string of the molecule is O=C(Nc1ncccn1)c1ccc2c(c1)CCNC2. The van der Waals surface area contributed by atoms with Crippen molar-refractivity contribution in [1.29, 1.82) is 0 Å². The number of fused-ring (bicyclic) bond motifs is 1. The Morgan fingerprint density at radius 3 is 2.89 bits per heavy atom. The topological polar surface area (TPSA) is 66.9 Å². The first-order chi connectivity index (χ1) is 9.33. The van der Waals surface area contributed by atoms with Gasteiger partial charge in [-0.2, -0.15) is 0 Å². The number of hydrogen-bond donors (Lipinski definition) is 2. The third kappa shape index (κ3) is 2.61. The van der Waals surface area contributed by atoms with E-state index in [1.807, 2.05) is 18.2 Å². The molecule has 19 heavy (non-hydrogen) atoms. The van der Waals surface area contributed by atoms with Crippen LogP contribution >= 0.6 is 0 Å². The molecule has 0 radical (unpaired) electrons. The third-order valence-electron chi connectivity index (χ3n) is 3.15.